The molecule has 0 spiro atoms. The molecule has 1 saturated heterocycles. The van der Waals surface area contributed by atoms with Crippen molar-refractivity contribution in [1.29, 1.82) is 5.26 Å². The molecule has 1 aromatic heterocycles. The Morgan fingerprint density at radius 3 is 2.58 bits per heavy atom. The maximum Gasteiger partial charge on any atom is 0.187 e. The van der Waals surface area contributed by atoms with Crippen molar-refractivity contribution in [2.45, 2.75) is 20.4 Å². The molecule has 1 fully saturated rings. The molecule has 3 rings (SSSR count). The van der Waals surface area contributed by atoms with Crippen LogP contribution >= 0.6 is 0 Å². The number of hydrogen-bond acceptors (Lipinski definition) is 4. The average molecular weight is 322 g/mol. The summed E-state index contributed by atoms with van der Waals surface area (Å²) in [6, 6.07) is 10.0. The Kier molecular flexibility index (Phi) is 4.68. The summed E-state index contributed by atoms with van der Waals surface area (Å²) in [5.74, 6) is 0. The van der Waals surface area contributed by atoms with Crippen LogP contribution < -0.4 is 10.3 Å². The van der Waals surface area contributed by atoms with Gasteiger partial charge in [-0.3, -0.25) is 9.69 Å². The molecule has 0 aliphatic carbocycles. The Morgan fingerprint density at radius 2 is 1.88 bits per heavy atom. The molecule has 0 amide bonds. The van der Waals surface area contributed by atoms with Gasteiger partial charge >= 0.3 is 0 Å². The SMILES string of the molecule is Cc1c[nH]c(CN2CCN(c3ccccc3C#N)CC2)c(C)c1=O. The molecule has 0 bridgehead atoms. The number of piperazine rings is 1. The summed E-state index contributed by atoms with van der Waals surface area (Å²) in [5.41, 5.74) is 4.44. The van der Waals surface area contributed by atoms with Gasteiger partial charge in [-0.05, 0) is 26.0 Å². The normalized spacial score (nSPS) is 15.3. The van der Waals surface area contributed by atoms with E-state index in [4.69, 9.17) is 0 Å². The van der Waals surface area contributed by atoms with Gasteiger partial charge in [0, 0.05) is 55.7 Å². The van der Waals surface area contributed by atoms with E-state index in [1.54, 1.807) is 6.20 Å². The van der Waals surface area contributed by atoms with Crippen molar-refractivity contribution in [1.82, 2.24) is 9.88 Å². The lowest BCUT2D eigenvalue weighted by Crippen LogP contribution is -2.46. The second-order valence-electron chi connectivity index (χ2n) is 6.30. The molecule has 0 radical (unpaired) electrons. The first-order valence-corrected chi connectivity index (χ1v) is 8.24. The summed E-state index contributed by atoms with van der Waals surface area (Å²) in [6.45, 7) is 8.07. The standard InChI is InChI=1S/C19H22N4O/c1-14-12-21-17(15(2)19(14)24)13-22-7-9-23(10-8-22)18-6-4-3-5-16(18)11-20/h3-6,12H,7-10,13H2,1-2H3,(H,21,24). The van der Waals surface area contributed by atoms with Crippen molar-refractivity contribution in [2.24, 2.45) is 0 Å². The zero-order valence-corrected chi connectivity index (χ0v) is 14.2. The van der Waals surface area contributed by atoms with Gasteiger partial charge in [-0.25, -0.2) is 0 Å². The summed E-state index contributed by atoms with van der Waals surface area (Å²) in [4.78, 5) is 19.9. The first-order valence-electron chi connectivity index (χ1n) is 8.24. The Labute approximate surface area is 142 Å². The predicted octanol–water partition coefficient (Wildman–Crippen LogP) is 2.19. The highest BCUT2D eigenvalue weighted by molar-refractivity contribution is 5.59. The number of aromatic nitrogens is 1. The van der Waals surface area contributed by atoms with Crippen molar-refractivity contribution >= 4 is 5.69 Å². The predicted molar refractivity (Wildman–Crippen MR) is 95.2 cm³/mol. The Bertz CT molecular complexity index is 826. The van der Waals surface area contributed by atoms with Gasteiger partial charge in [0.05, 0.1) is 11.3 Å². The van der Waals surface area contributed by atoms with Crippen LogP contribution in [-0.2, 0) is 6.54 Å². The first-order chi connectivity index (χ1) is 11.6. The zero-order chi connectivity index (χ0) is 17.1. The maximum absolute atomic E-state index is 12.1. The molecule has 2 aromatic rings. The molecule has 1 N–H and O–H groups in total. The molecule has 1 aromatic carbocycles. The topological polar surface area (TPSA) is 63.1 Å². The Morgan fingerprint density at radius 1 is 1.17 bits per heavy atom. The number of hydrogen-bond donors (Lipinski definition) is 1. The van der Waals surface area contributed by atoms with Gasteiger partial charge in [0.25, 0.3) is 0 Å². The molecule has 0 saturated carbocycles. The van der Waals surface area contributed by atoms with E-state index >= 15 is 0 Å². The van der Waals surface area contributed by atoms with E-state index in [2.05, 4.69) is 20.9 Å². The molecule has 2 heterocycles. The highest BCUT2D eigenvalue weighted by Gasteiger charge is 2.20. The number of pyridine rings is 1. The lowest BCUT2D eigenvalue weighted by molar-refractivity contribution is 0.246. The summed E-state index contributed by atoms with van der Waals surface area (Å²) < 4.78 is 0. The minimum Gasteiger partial charge on any atom is -0.368 e. The quantitative estimate of drug-likeness (QED) is 0.941. The molecule has 0 atom stereocenters. The maximum atomic E-state index is 12.1. The van der Waals surface area contributed by atoms with Gasteiger partial charge in [0.1, 0.15) is 6.07 Å². The van der Waals surface area contributed by atoms with Crippen LogP contribution in [0.1, 0.15) is 22.4 Å². The van der Waals surface area contributed by atoms with Gasteiger partial charge < -0.3 is 9.88 Å². The average Bonchev–Trinajstić information content (AvgIpc) is 2.63. The van der Waals surface area contributed by atoms with Crippen LogP contribution in [0.2, 0.25) is 0 Å². The number of anilines is 1. The molecule has 1 aliphatic rings. The third kappa shape index (κ3) is 3.19. The van der Waals surface area contributed by atoms with Crippen LogP contribution in [0.25, 0.3) is 0 Å². The van der Waals surface area contributed by atoms with Crippen molar-refractivity contribution in [3.63, 3.8) is 0 Å². The summed E-state index contributed by atoms with van der Waals surface area (Å²) in [7, 11) is 0. The number of aryl methyl sites for hydroxylation is 1. The number of nitrogens with zero attached hydrogens (tertiary/aromatic N) is 3. The largest absolute Gasteiger partial charge is 0.368 e. The fourth-order valence-corrected chi connectivity index (χ4v) is 3.18. The lowest BCUT2D eigenvalue weighted by Gasteiger charge is -2.36. The molecule has 5 heteroatoms. The van der Waals surface area contributed by atoms with Gasteiger partial charge in [0.2, 0.25) is 0 Å². The van der Waals surface area contributed by atoms with Crippen molar-refractivity contribution in [3.8, 4) is 6.07 Å². The molecular formula is C19H22N4O. The lowest BCUT2D eigenvalue weighted by atomic mass is 10.1. The van der Waals surface area contributed by atoms with Crippen molar-refractivity contribution in [3.05, 3.63) is 63.1 Å². The number of benzene rings is 1. The number of nitrogens with one attached hydrogen (secondary N) is 1. The van der Waals surface area contributed by atoms with Gasteiger partial charge in [0.15, 0.2) is 5.43 Å². The van der Waals surface area contributed by atoms with Crippen LogP contribution in [0.15, 0.2) is 35.3 Å². The van der Waals surface area contributed by atoms with Crippen LogP contribution in [0.3, 0.4) is 0 Å². The van der Waals surface area contributed by atoms with E-state index in [0.717, 1.165) is 60.8 Å². The summed E-state index contributed by atoms with van der Waals surface area (Å²) >= 11 is 0. The van der Waals surface area contributed by atoms with E-state index in [-0.39, 0.29) is 5.43 Å². The van der Waals surface area contributed by atoms with E-state index in [9.17, 15) is 10.1 Å². The van der Waals surface area contributed by atoms with E-state index in [0.29, 0.717) is 0 Å². The minimum atomic E-state index is 0.130. The molecular weight excluding hydrogens is 300 g/mol. The zero-order valence-electron chi connectivity index (χ0n) is 14.2. The van der Waals surface area contributed by atoms with Gasteiger partial charge in [-0.2, -0.15) is 5.26 Å². The number of nitriles is 1. The van der Waals surface area contributed by atoms with E-state index in [1.807, 2.05) is 38.1 Å². The third-order valence-corrected chi connectivity index (χ3v) is 4.73. The van der Waals surface area contributed by atoms with Crippen molar-refractivity contribution < 1.29 is 0 Å². The highest BCUT2D eigenvalue weighted by Crippen LogP contribution is 2.21. The van der Waals surface area contributed by atoms with Gasteiger partial charge in [-0.1, -0.05) is 12.1 Å². The molecule has 0 unspecified atom stereocenters. The fourth-order valence-electron chi connectivity index (χ4n) is 3.18. The second-order valence-corrected chi connectivity index (χ2v) is 6.30. The molecule has 124 valence electrons. The monoisotopic (exact) mass is 322 g/mol. The first kappa shape index (κ1) is 16.3. The Hall–Kier alpha value is -2.58. The number of aromatic amines is 1. The molecule has 5 nitrogen and oxygen atoms in total. The third-order valence-electron chi connectivity index (χ3n) is 4.73. The summed E-state index contributed by atoms with van der Waals surface area (Å²) in [5, 5.41) is 9.25. The van der Waals surface area contributed by atoms with E-state index < -0.39 is 0 Å². The highest BCUT2D eigenvalue weighted by atomic mass is 16.1. The van der Waals surface area contributed by atoms with Crippen LogP contribution in [0, 0.1) is 25.2 Å². The van der Waals surface area contributed by atoms with E-state index in [1.165, 1.54) is 0 Å². The van der Waals surface area contributed by atoms with Crippen LogP contribution in [0.5, 0.6) is 0 Å². The minimum absolute atomic E-state index is 0.130. The molecule has 24 heavy (non-hydrogen) atoms. The van der Waals surface area contributed by atoms with Crippen LogP contribution in [-0.4, -0.2) is 36.1 Å². The fraction of sp³-hybridized carbons (Fsp3) is 0.368. The summed E-state index contributed by atoms with van der Waals surface area (Å²) in [6.07, 6.45) is 1.80. The Balaban J connectivity index is 1.67. The number of H-pyrrole nitrogens is 1. The second kappa shape index (κ2) is 6.90. The smallest absolute Gasteiger partial charge is 0.187 e. The van der Waals surface area contributed by atoms with Crippen molar-refractivity contribution in [2.75, 3.05) is 31.1 Å². The van der Waals surface area contributed by atoms with Gasteiger partial charge in [-0.15, -0.1) is 0 Å². The number of para-hydroxylation sites is 1. The van der Waals surface area contributed by atoms with Crippen LogP contribution in [0.4, 0.5) is 5.69 Å². The number of rotatable bonds is 3. The molecule has 1 aliphatic heterocycles.